The van der Waals surface area contributed by atoms with E-state index in [1.165, 1.54) is 19.2 Å². The van der Waals surface area contributed by atoms with E-state index in [9.17, 15) is 13.2 Å². The average Bonchev–Trinajstić information content (AvgIpc) is 2.67. The van der Waals surface area contributed by atoms with Crippen LogP contribution in [-0.2, 0) is 14.8 Å². The molecule has 1 amide bonds. The summed E-state index contributed by atoms with van der Waals surface area (Å²) in [6.45, 7) is 3.91. The van der Waals surface area contributed by atoms with Crippen LogP contribution < -0.4 is 10.1 Å². The summed E-state index contributed by atoms with van der Waals surface area (Å²) in [7, 11) is -0.699. The van der Waals surface area contributed by atoms with Crippen molar-refractivity contribution in [3.63, 3.8) is 0 Å². The quantitative estimate of drug-likeness (QED) is 0.696. The van der Waals surface area contributed by atoms with Crippen molar-refractivity contribution >= 4 is 15.9 Å². The molecule has 0 radical (unpaired) electrons. The van der Waals surface area contributed by atoms with Crippen molar-refractivity contribution in [1.29, 1.82) is 0 Å². The number of carbonyl (C=O) groups excluding carboxylic acids is 1. The van der Waals surface area contributed by atoms with Crippen molar-refractivity contribution in [1.82, 2.24) is 9.62 Å². The second kappa shape index (κ2) is 9.71. The zero-order chi connectivity index (χ0) is 20.7. The number of rotatable bonds is 9. The highest BCUT2D eigenvalue weighted by Crippen LogP contribution is 2.23. The van der Waals surface area contributed by atoms with Gasteiger partial charge in [0.25, 0.3) is 0 Å². The van der Waals surface area contributed by atoms with Gasteiger partial charge >= 0.3 is 0 Å². The van der Waals surface area contributed by atoms with E-state index in [1.54, 1.807) is 25.3 Å². The Bertz CT molecular complexity index is 865. The fourth-order valence-electron chi connectivity index (χ4n) is 2.89. The van der Waals surface area contributed by atoms with Gasteiger partial charge in [0, 0.05) is 7.05 Å². The summed E-state index contributed by atoms with van der Waals surface area (Å²) in [6, 6.07) is 15.4. The van der Waals surface area contributed by atoms with E-state index in [0.29, 0.717) is 5.92 Å². The molecule has 0 saturated carbocycles. The van der Waals surface area contributed by atoms with Gasteiger partial charge in [0.05, 0.1) is 24.6 Å². The minimum Gasteiger partial charge on any atom is -0.497 e. The third-order valence-corrected chi connectivity index (χ3v) is 6.20. The number of hydrogen-bond acceptors (Lipinski definition) is 4. The van der Waals surface area contributed by atoms with E-state index < -0.39 is 10.0 Å². The number of hydrogen-bond donors (Lipinski definition) is 1. The van der Waals surface area contributed by atoms with Gasteiger partial charge in [-0.15, -0.1) is 0 Å². The number of nitrogens with one attached hydrogen (secondary N) is 1. The third kappa shape index (κ3) is 5.81. The number of likely N-dealkylation sites (N-methyl/N-ethyl adjacent to an activating group) is 1. The van der Waals surface area contributed by atoms with Crippen molar-refractivity contribution in [2.45, 2.75) is 31.2 Å². The second-order valence-corrected chi connectivity index (χ2v) is 9.14. The zero-order valence-electron chi connectivity index (χ0n) is 16.8. The molecule has 0 aliphatic carbocycles. The summed E-state index contributed by atoms with van der Waals surface area (Å²) < 4.78 is 31.5. The van der Waals surface area contributed by atoms with Gasteiger partial charge in [0.2, 0.25) is 15.9 Å². The average molecular weight is 405 g/mol. The molecule has 0 spiro atoms. The molecule has 7 heteroatoms. The summed E-state index contributed by atoms with van der Waals surface area (Å²) in [5.74, 6) is 0.758. The van der Waals surface area contributed by atoms with E-state index in [1.807, 2.05) is 24.3 Å². The fraction of sp³-hybridized carbons (Fsp3) is 0.381. The molecule has 2 aromatic carbocycles. The zero-order valence-corrected chi connectivity index (χ0v) is 17.6. The Kier molecular flexibility index (Phi) is 7.60. The standard InChI is InChI=1S/C21H28N2O4S/c1-16(2)14-20(17-10-12-18(27-4)13-11-17)22-21(24)15-23(3)28(25,26)19-8-6-5-7-9-19/h5-13,16,20H,14-15H2,1-4H3,(H,22,24). The molecule has 0 aliphatic heterocycles. The lowest BCUT2D eigenvalue weighted by Crippen LogP contribution is -2.40. The first-order chi connectivity index (χ1) is 13.2. The van der Waals surface area contributed by atoms with E-state index >= 15 is 0 Å². The largest absolute Gasteiger partial charge is 0.497 e. The van der Waals surface area contributed by atoms with Crippen LogP contribution in [0.15, 0.2) is 59.5 Å². The Morgan fingerprint density at radius 1 is 1.07 bits per heavy atom. The fourth-order valence-corrected chi connectivity index (χ4v) is 4.03. The molecular formula is C21H28N2O4S. The van der Waals surface area contributed by atoms with Crippen LogP contribution in [-0.4, -0.2) is 39.3 Å². The second-order valence-electron chi connectivity index (χ2n) is 7.10. The number of methoxy groups -OCH3 is 1. The Labute approximate surface area is 167 Å². The summed E-state index contributed by atoms with van der Waals surface area (Å²) in [5.41, 5.74) is 0.955. The molecular weight excluding hydrogens is 376 g/mol. The third-order valence-electron chi connectivity index (χ3n) is 4.38. The molecule has 6 nitrogen and oxygen atoms in total. The highest BCUT2D eigenvalue weighted by atomic mass is 32.2. The molecule has 0 bridgehead atoms. The van der Waals surface area contributed by atoms with Crippen LogP contribution in [0.4, 0.5) is 0 Å². The molecule has 2 rings (SSSR count). The molecule has 0 fully saturated rings. The first kappa shape index (κ1) is 21.9. The normalized spacial score (nSPS) is 12.8. The molecule has 0 saturated heterocycles. The van der Waals surface area contributed by atoms with Gasteiger partial charge in [-0.05, 0) is 42.2 Å². The van der Waals surface area contributed by atoms with Gasteiger partial charge in [0.1, 0.15) is 5.75 Å². The van der Waals surface area contributed by atoms with Gasteiger partial charge < -0.3 is 10.1 Å². The van der Waals surface area contributed by atoms with Crippen LogP contribution >= 0.6 is 0 Å². The van der Waals surface area contributed by atoms with Crippen molar-refractivity contribution in [2.24, 2.45) is 5.92 Å². The number of nitrogens with zero attached hydrogens (tertiary/aromatic N) is 1. The number of amides is 1. The molecule has 1 N–H and O–H groups in total. The monoisotopic (exact) mass is 404 g/mol. The van der Waals surface area contributed by atoms with Crippen LogP contribution in [0.3, 0.4) is 0 Å². The number of ether oxygens (including phenoxy) is 1. The molecule has 0 aliphatic rings. The summed E-state index contributed by atoms with van der Waals surface area (Å²) in [4.78, 5) is 12.7. The molecule has 152 valence electrons. The lowest BCUT2D eigenvalue weighted by Gasteiger charge is -2.23. The van der Waals surface area contributed by atoms with Crippen LogP contribution in [0, 0.1) is 5.92 Å². The number of benzene rings is 2. The van der Waals surface area contributed by atoms with E-state index in [4.69, 9.17) is 4.74 Å². The first-order valence-electron chi connectivity index (χ1n) is 9.18. The number of sulfonamides is 1. The predicted molar refractivity (Wildman–Crippen MR) is 110 cm³/mol. The first-order valence-corrected chi connectivity index (χ1v) is 10.6. The van der Waals surface area contributed by atoms with Gasteiger partial charge in [-0.25, -0.2) is 8.42 Å². The van der Waals surface area contributed by atoms with Crippen LogP contribution in [0.2, 0.25) is 0 Å². The maximum atomic E-state index is 12.6. The molecule has 28 heavy (non-hydrogen) atoms. The van der Waals surface area contributed by atoms with Crippen molar-refractivity contribution in [3.8, 4) is 5.75 Å². The molecule has 1 unspecified atom stereocenters. The molecule has 1 atom stereocenters. The Balaban J connectivity index is 2.10. The predicted octanol–water partition coefficient (Wildman–Crippen LogP) is 3.22. The van der Waals surface area contributed by atoms with Gasteiger partial charge in [-0.1, -0.05) is 44.2 Å². The topological polar surface area (TPSA) is 75.7 Å². The van der Waals surface area contributed by atoms with Crippen molar-refractivity contribution in [3.05, 3.63) is 60.2 Å². The van der Waals surface area contributed by atoms with E-state index in [-0.39, 0.29) is 23.4 Å². The summed E-state index contributed by atoms with van der Waals surface area (Å²) in [6.07, 6.45) is 0.743. The lowest BCUT2D eigenvalue weighted by molar-refractivity contribution is -0.122. The van der Waals surface area contributed by atoms with Crippen LogP contribution in [0.1, 0.15) is 31.9 Å². The minimum absolute atomic E-state index is 0.166. The Morgan fingerprint density at radius 3 is 2.21 bits per heavy atom. The van der Waals surface area contributed by atoms with Gasteiger partial charge in [-0.2, -0.15) is 4.31 Å². The molecule has 0 aromatic heterocycles. The van der Waals surface area contributed by atoms with Crippen molar-refractivity contribution in [2.75, 3.05) is 20.7 Å². The highest BCUT2D eigenvalue weighted by Gasteiger charge is 2.24. The van der Waals surface area contributed by atoms with Gasteiger partial charge in [-0.3, -0.25) is 4.79 Å². The summed E-state index contributed by atoms with van der Waals surface area (Å²) in [5, 5.41) is 2.97. The maximum absolute atomic E-state index is 12.6. The highest BCUT2D eigenvalue weighted by molar-refractivity contribution is 7.89. The maximum Gasteiger partial charge on any atom is 0.243 e. The van der Waals surface area contributed by atoms with Crippen LogP contribution in [0.25, 0.3) is 0 Å². The van der Waals surface area contributed by atoms with E-state index in [0.717, 1.165) is 22.0 Å². The Morgan fingerprint density at radius 2 is 1.68 bits per heavy atom. The van der Waals surface area contributed by atoms with E-state index in [2.05, 4.69) is 19.2 Å². The molecule has 2 aromatic rings. The summed E-state index contributed by atoms with van der Waals surface area (Å²) >= 11 is 0. The minimum atomic E-state index is -3.71. The Hall–Kier alpha value is -2.38. The smallest absolute Gasteiger partial charge is 0.243 e. The SMILES string of the molecule is COc1ccc(C(CC(C)C)NC(=O)CN(C)S(=O)(=O)c2ccccc2)cc1. The molecule has 0 heterocycles. The van der Waals surface area contributed by atoms with Crippen LogP contribution in [0.5, 0.6) is 5.75 Å². The number of carbonyl (C=O) groups is 1. The van der Waals surface area contributed by atoms with Crippen molar-refractivity contribution < 1.29 is 17.9 Å². The van der Waals surface area contributed by atoms with Gasteiger partial charge in [0.15, 0.2) is 0 Å². The lowest BCUT2D eigenvalue weighted by atomic mass is 9.97.